The third kappa shape index (κ3) is 2.26. The maximum atomic E-state index is 11.5. The molecule has 0 bridgehead atoms. The van der Waals surface area contributed by atoms with E-state index < -0.39 is 5.97 Å². The Bertz CT molecular complexity index is 866. The van der Waals surface area contributed by atoms with E-state index in [0.717, 1.165) is 5.56 Å². The number of nitrogens with zero attached hydrogens (tertiary/aromatic N) is 2. The molecule has 0 saturated heterocycles. The molecule has 0 radical (unpaired) electrons. The lowest BCUT2D eigenvalue weighted by Crippen LogP contribution is -2.03. The third-order valence-corrected chi connectivity index (χ3v) is 3.66. The van der Waals surface area contributed by atoms with Crippen LogP contribution in [-0.4, -0.2) is 27.1 Å². The second-order valence-corrected chi connectivity index (χ2v) is 5.10. The smallest absolute Gasteiger partial charge is 0.336 e. The fourth-order valence-electron chi connectivity index (χ4n) is 2.64. The molecule has 0 saturated carbocycles. The van der Waals surface area contributed by atoms with Gasteiger partial charge in [0.05, 0.1) is 17.6 Å². The lowest BCUT2D eigenvalue weighted by molar-refractivity contribution is 0.0698. The van der Waals surface area contributed by atoms with Crippen molar-refractivity contribution >= 4 is 23.2 Å². The number of carbonyl (C=O) groups excluding carboxylic acids is 1. The normalized spacial score (nSPS) is 10.8. The van der Waals surface area contributed by atoms with Gasteiger partial charge < -0.3 is 5.11 Å². The van der Waals surface area contributed by atoms with E-state index in [4.69, 9.17) is 0 Å². The van der Waals surface area contributed by atoms with Crippen LogP contribution in [0.25, 0.3) is 10.9 Å². The summed E-state index contributed by atoms with van der Waals surface area (Å²) < 4.78 is 1.67. The van der Waals surface area contributed by atoms with E-state index in [0.29, 0.717) is 29.3 Å². The molecule has 0 atom stereocenters. The van der Waals surface area contributed by atoms with Crippen LogP contribution in [0.4, 0.5) is 0 Å². The van der Waals surface area contributed by atoms with Gasteiger partial charge in [-0.05, 0) is 24.1 Å². The van der Waals surface area contributed by atoms with Gasteiger partial charge in [0.25, 0.3) is 0 Å². The van der Waals surface area contributed by atoms with Gasteiger partial charge in [-0.3, -0.25) is 9.48 Å². The molecule has 22 heavy (non-hydrogen) atoms. The van der Waals surface area contributed by atoms with Gasteiger partial charge in [-0.25, -0.2) is 4.79 Å². The van der Waals surface area contributed by atoms with Crippen molar-refractivity contribution < 1.29 is 14.7 Å². The highest BCUT2D eigenvalue weighted by atomic mass is 16.4. The SMILES string of the molecule is Cc1ccc2c(c(C=O)nn2Cc2ccccc2)c1C(=O)O. The number of benzene rings is 2. The molecular formula is C17H14N2O3. The minimum absolute atomic E-state index is 0.138. The van der Waals surface area contributed by atoms with Crippen LogP contribution in [0, 0.1) is 6.92 Å². The van der Waals surface area contributed by atoms with E-state index in [-0.39, 0.29) is 11.3 Å². The summed E-state index contributed by atoms with van der Waals surface area (Å²) in [4.78, 5) is 22.8. The number of carboxylic acid groups (broad SMARTS) is 1. The van der Waals surface area contributed by atoms with Crippen LogP contribution in [0.15, 0.2) is 42.5 Å². The number of aromatic nitrogens is 2. The van der Waals surface area contributed by atoms with Crippen LogP contribution in [0.1, 0.15) is 32.0 Å². The summed E-state index contributed by atoms with van der Waals surface area (Å²) in [6.45, 7) is 2.19. The van der Waals surface area contributed by atoms with Gasteiger partial charge >= 0.3 is 5.97 Å². The molecule has 1 N–H and O–H groups in total. The predicted molar refractivity (Wildman–Crippen MR) is 82.4 cm³/mol. The standard InChI is InChI=1S/C17H14N2O3/c1-11-7-8-14-16(15(11)17(21)22)13(10-20)18-19(14)9-12-5-3-2-4-6-12/h2-8,10H,9H2,1H3,(H,21,22). The number of aldehydes is 1. The van der Waals surface area contributed by atoms with Crippen molar-refractivity contribution in [1.29, 1.82) is 0 Å². The molecule has 1 aromatic heterocycles. The Labute approximate surface area is 126 Å². The van der Waals surface area contributed by atoms with Crippen molar-refractivity contribution in [3.05, 3.63) is 64.8 Å². The Balaban J connectivity index is 2.23. The molecule has 0 unspecified atom stereocenters. The van der Waals surface area contributed by atoms with Gasteiger partial charge in [-0.15, -0.1) is 0 Å². The van der Waals surface area contributed by atoms with Gasteiger partial charge in [-0.2, -0.15) is 5.10 Å². The quantitative estimate of drug-likeness (QED) is 0.751. The molecule has 5 heteroatoms. The highest BCUT2D eigenvalue weighted by molar-refractivity contribution is 6.09. The molecule has 0 aliphatic rings. The van der Waals surface area contributed by atoms with Crippen molar-refractivity contribution in [2.75, 3.05) is 0 Å². The van der Waals surface area contributed by atoms with E-state index >= 15 is 0 Å². The van der Waals surface area contributed by atoms with Crippen LogP contribution < -0.4 is 0 Å². The maximum Gasteiger partial charge on any atom is 0.336 e. The minimum atomic E-state index is -1.05. The third-order valence-electron chi connectivity index (χ3n) is 3.66. The Hall–Kier alpha value is -2.95. The van der Waals surface area contributed by atoms with Crippen LogP contribution in [-0.2, 0) is 6.54 Å². The van der Waals surface area contributed by atoms with Crippen molar-refractivity contribution in [2.45, 2.75) is 13.5 Å². The number of aryl methyl sites for hydroxylation is 1. The molecule has 110 valence electrons. The molecule has 0 aliphatic carbocycles. The van der Waals surface area contributed by atoms with E-state index in [9.17, 15) is 14.7 Å². The molecule has 3 aromatic rings. The second-order valence-electron chi connectivity index (χ2n) is 5.10. The summed E-state index contributed by atoms with van der Waals surface area (Å²) in [5.74, 6) is -1.05. The molecule has 0 aliphatic heterocycles. The highest BCUT2D eigenvalue weighted by Gasteiger charge is 2.20. The molecule has 5 nitrogen and oxygen atoms in total. The zero-order valence-electron chi connectivity index (χ0n) is 12.0. The van der Waals surface area contributed by atoms with Crippen molar-refractivity contribution in [3.63, 3.8) is 0 Å². The molecule has 0 spiro atoms. The largest absolute Gasteiger partial charge is 0.478 e. The minimum Gasteiger partial charge on any atom is -0.478 e. The highest BCUT2D eigenvalue weighted by Crippen LogP contribution is 2.26. The first-order valence-electron chi connectivity index (χ1n) is 6.84. The number of hydrogen-bond donors (Lipinski definition) is 1. The van der Waals surface area contributed by atoms with Gasteiger partial charge in [0.1, 0.15) is 5.69 Å². The fourth-order valence-corrected chi connectivity index (χ4v) is 2.64. The predicted octanol–water partition coefficient (Wildman–Crippen LogP) is 2.90. The molecule has 0 amide bonds. The number of rotatable bonds is 4. The van der Waals surface area contributed by atoms with Crippen LogP contribution >= 0.6 is 0 Å². The van der Waals surface area contributed by atoms with Gasteiger partial charge in [-0.1, -0.05) is 36.4 Å². The molecular weight excluding hydrogens is 280 g/mol. The van der Waals surface area contributed by atoms with Gasteiger partial charge in [0.2, 0.25) is 0 Å². The summed E-state index contributed by atoms with van der Waals surface area (Å²) in [6.07, 6.45) is 0.607. The van der Waals surface area contributed by atoms with Crippen molar-refractivity contribution in [2.24, 2.45) is 0 Å². The molecule has 3 rings (SSSR count). The number of fused-ring (bicyclic) bond motifs is 1. The Morgan fingerprint density at radius 1 is 1.23 bits per heavy atom. The number of carboxylic acids is 1. The lowest BCUT2D eigenvalue weighted by atomic mass is 10.0. The lowest BCUT2D eigenvalue weighted by Gasteiger charge is -2.06. The maximum absolute atomic E-state index is 11.5. The van der Waals surface area contributed by atoms with Crippen molar-refractivity contribution in [3.8, 4) is 0 Å². The zero-order chi connectivity index (χ0) is 15.7. The topological polar surface area (TPSA) is 72.2 Å². The molecule has 1 heterocycles. The van der Waals surface area contributed by atoms with Crippen LogP contribution in [0.2, 0.25) is 0 Å². The van der Waals surface area contributed by atoms with Crippen LogP contribution in [0.5, 0.6) is 0 Å². The average molecular weight is 294 g/mol. The van der Waals surface area contributed by atoms with E-state index in [1.165, 1.54) is 0 Å². The first-order chi connectivity index (χ1) is 10.6. The monoisotopic (exact) mass is 294 g/mol. The number of hydrogen-bond acceptors (Lipinski definition) is 3. The summed E-state index contributed by atoms with van der Waals surface area (Å²) in [5.41, 5.74) is 2.59. The summed E-state index contributed by atoms with van der Waals surface area (Å²) in [6, 6.07) is 13.2. The van der Waals surface area contributed by atoms with E-state index in [1.807, 2.05) is 30.3 Å². The second kappa shape index (κ2) is 5.44. The van der Waals surface area contributed by atoms with Gasteiger partial charge in [0.15, 0.2) is 6.29 Å². The summed E-state index contributed by atoms with van der Waals surface area (Å²) >= 11 is 0. The first-order valence-corrected chi connectivity index (χ1v) is 6.84. The fraction of sp³-hybridized carbons (Fsp3) is 0.118. The van der Waals surface area contributed by atoms with Crippen molar-refractivity contribution in [1.82, 2.24) is 9.78 Å². The molecule has 0 fully saturated rings. The Kier molecular flexibility index (Phi) is 3.47. The van der Waals surface area contributed by atoms with Gasteiger partial charge in [0, 0.05) is 5.39 Å². The van der Waals surface area contributed by atoms with Crippen LogP contribution in [0.3, 0.4) is 0 Å². The summed E-state index contributed by atoms with van der Waals surface area (Å²) in [5, 5.41) is 14.1. The Morgan fingerprint density at radius 3 is 2.59 bits per heavy atom. The van der Waals surface area contributed by atoms with E-state index in [1.54, 1.807) is 23.7 Å². The number of aromatic carboxylic acids is 1. The number of carbonyl (C=O) groups is 2. The summed E-state index contributed by atoms with van der Waals surface area (Å²) in [7, 11) is 0. The zero-order valence-corrected chi connectivity index (χ0v) is 12.0. The first kappa shape index (κ1) is 14.0. The molecule has 2 aromatic carbocycles. The van der Waals surface area contributed by atoms with E-state index in [2.05, 4.69) is 5.10 Å². The average Bonchev–Trinajstić information content (AvgIpc) is 2.85. The Morgan fingerprint density at radius 2 is 1.95 bits per heavy atom.